The summed E-state index contributed by atoms with van der Waals surface area (Å²) in [5.74, 6) is 0.199. The Bertz CT molecular complexity index is 543. The predicted molar refractivity (Wildman–Crippen MR) is 79.1 cm³/mol. The smallest absolute Gasteiger partial charge is 0.333 e. The molecule has 2 N–H and O–H groups in total. The molecule has 0 aromatic heterocycles. The standard InChI is InChI=1S/C14H19O6P/c1-19-13-7-5-11(6-8-13)10-12(14(15)20-2)4-3-9-21(16,17)18/h5-8,10H,3-4,9H2,1-2H3,(H2,16,17,18)/b12-10+. The Balaban J connectivity index is 2.82. The minimum atomic E-state index is -4.05. The number of benzene rings is 1. The minimum Gasteiger partial charge on any atom is -0.497 e. The molecule has 0 saturated carbocycles. The van der Waals surface area contributed by atoms with Crippen molar-refractivity contribution in [1.29, 1.82) is 0 Å². The molecule has 7 heteroatoms. The van der Waals surface area contributed by atoms with Crippen LogP contribution in [0.3, 0.4) is 0 Å². The minimum absolute atomic E-state index is 0.210. The molecule has 0 bridgehead atoms. The van der Waals surface area contributed by atoms with E-state index in [0.717, 1.165) is 5.56 Å². The summed E-state index contributed by atoms with van der Waals surface area (Å²) in [4.78, 5) is 29.4. The molecule has 0 unspecified atom stereocenters. The number of rotatable bonds is 7. The second-order valence-electron chi connectivity index (χ2n) is 4.43. The molecule has 0 amide bonds. The molecule has 0 aliphatic carbocycles. The van der Waals surface area contributed by atoms with Crippen molar-refractivity contribution in [3.05, 3.63) is 35.4 Å². The van der Waals surface area contributed by atoms with Crippen LogP contribution >= 0.6 is 7.60 Å². The van der Waals surface area contributed by atoms with Gasteiger partial charge in [0.1, 0.15) is 5.75 Å². The maximum atomic E-state index is 11.7. The van der Waals surface area contributed by atoms with Gasteiger partial charge in [-0.05, 0) is 36.6 Å². The van der Waals surface area contributed by atoms with Crippen molar-refractivity contribution in [2.75, 3.05) is 20.4 Å². The van der Waals surface area contributed by atoms with E-state index >= 15 is 0 Å². The Morgan fingerprint density at radius 3 is 2.33 bits per heavy atom. The quantitative estimate of drug-likeness (QED) is 0.455. The molecule has 21 heavy (non-hydrogen) atoms. The Labute approximate surface area is 123 Å². The van der Waals surface area contributed by atoms with E-state index in [4.69, 9.17) is 14.5 Å². The van der Waals surface area contributed by atoms with E-state index < -0.39 is 13.6 Å². The Morgan fingerprint density at radius 1 is 1.24 bits per heavy atom. The van der Waals surface area contributed by atoms with Gasteiger partial charge in [0.25, 0.3) is 0 Å². The van der Waals surface area contributed by atoms with Crippen LogP contribution in [-0.4, -0.2) is 36.1 Å². The summed E-state index contributed by atoms with van der Waals surface area (Å²) in [6.07, 6.45) is 1.83. The highest BCUT2D eigenvalue weighted by Gasteiger charge is 2.15. The van der Waals surface area contributed by atoms with Gasteiger partial charge in [0.15, 0.2) is 0 Å². The van der Waals surface area contributed by atoms with Crippen molar-refractivity contribution in [2.24, 2.45) is 0 Å². The lowest BCUT2D eigenvalue weighted by Crippen LogP contribution is -2.05. The van der Waals surface area contributed by atoms with Crippen molar-refractivity contribution in [3.8, 4) is 5.75 Å². The lowest BCUT2D eigenvalue weighted by Gasteiger charge is -2.07. The zero-order chi connectivity index (χ0) is 15.9. The number of ether oxygens (including phenoxy) is 2. The Morgan fingerprint density at radius 2 is 1.86 bits per heavy atom. The molecular weight excluding hydrogens is 295 g/mol. The van der Waals surface area contributed by atoms with Crippen LogP contribution in [0.15, 0.2) is 29.8 Å². The van der Waals surface area contributed by atoms with Crippen molar-refractivity contribution in [2.45, 2.75) is 12.8 Å². The molecule has 6 nitrogen and oxygen atoms in total. The topological polar surface area (TPSA) is 93.1 Å². The molecular formula is C14H19O6P. The van der Waals surface area contributed by atoms with Gasteiger partial charge in [-0.1, -0.05) is 12.1 Å². The molecule has 1 aromatic rings. The van der Waals surface area contributed by atoms with E-state index in [-0.39, 0.29) is 19.0 Å². The molecule has 116 valence electrons. The predicted octanol–water partition coefficient (Wildman–Crippen LogP) is 2.21. The lowest BCUT2D eigenvalue weighted by atomic mass is 10.1. The number of hydrogen-bond donors (Lipinski definition) is 2. The normalized spacial score (nSPS) is 12.1. The molecule has 0 fully saturated rings. The van der Waals surface area contributed by atoms with Crippen LogP contribution in [0.25, 0.3) is 6.08 Å². The van der Waals surface area contributed by atoms with Crippen LogP contribution in [0, 0.1) is 0 Å². The van der Waals surface area contributed by atoms with Crippen molar-refractivity contribution in [3.63, 3.8) is 0 Å². The fourth-order valence-electron chi connectivity index (χ4n) is 1.74. The number of esters is 1. The largest absolute Gasteiger partial charge is 0.497 e. The first-order chi connectivity index (χ1) is 9.85. The molecule has 1 rings (SSSR count). The number of hydrogen-bond acceptors (Lipinski definition) is 4. The van der Waals surface area contributed by atoms with Gasteiger partial charge in [-0.25, -0.2) is 4.79 Å². The van der Waals surface area contributed by atoms with E-state index in [0.29, 0.717) is 11.3 Å². The number of carbonyl (C=O) groups is 1. The average molecular weight is 314 g/mol. The van der Waals surface area contributed by atoms with Gasteiger partial charge in [-0.3, -0.25) is 4.57 Å². The van der Waals surface area contributed by atoms with Crippen LogP contribution in [0.4, 0.5) is 0 Å². The second-order valence-corrected chi connectivity index (χ2v) is 6.20. The van der Waals surface area contributed by atoms with Crippen LogP contribution in [0.1, 0.15) is 18.4 Å². The summed E-state index contributed by atoms with van der Waals surface area (Å²) >= 11 is 0. The van der Waals surface area contributed by atoms with Crippen LogP contribution in [0.5, 0.6) is 5.75 Å². The highest BCUT2D eigenvalue weighted by Crippen LogP contribution is 2.36. The maximum absolute atomic E-state index is 11.7. The summed E-state index contributed by atoms with van der Waals surface area (Å²) in [6.45, 7) is 0. The molecule has 0 aliphatic heterocycles. The third-order valence-corrected chi connectivity index (χ3v) is 3.70. The molecule has 0 atom stereocenters. The monoisotopic (exact) mass is 314 g/mol. The lowest BCUT2D eigenvalue weighted by molar-refractivity contribution is -0.136. The van der Waals surface area contributed by atoms with Gasteiger partial charge in [0.05, 0.1) is 20.4 Å². The summed E-state index contributed by atoms with van der Waals surface area (Å²) in [5, 5.41) is 0. The van der Waals surface area contributed by atoms with Gasteiger partial charge in [0.2, 0.25) is 0 Å². The fourth-order valence-corrected chi connectivity index (χ4v) is 2.31. The highest BCUT2D eigenvalue weighted by atomic mass is 31.2. The van der Waals surface area contributed by atoms with Gasteiger partial charge >= 0.3 is 13.6 Å². The van der Waals surface area contributed by atoms with E-state index in [9.17, 15) is 9.36 Å². The second kappa shape index (κ2) is 7.98. The molecule has 1 aromatic carbocycles. The zero-order valence-corrected chi connectivity index (χ0v) is 12.9. The molecule has 0 aliphatic rings. The van der Waals surface area contributed by atoms with Gasteiger partial charge in [-0.15, -0.1) is 0 Å². The van der Waals surface area contributed by atoms with Gasteiger partial charge < -0.3 is 19.3 Å². The van der Waals surface area contributed by atoms with Crippen LogP contribution < -0.4 is 4.74 Å². The van der Waals surface area contributed by atoms with Crippen molar-refractivity contribution >= 4 is 19.6 Å². The average Bonchev–Trinajstić information content (AvgIpc) is 2.45. The van der Waals surface area contributed by atoms with E-state index in [1.165, 1.54) is 7.11 Å². The van der Waals surface area contributed by atoms with E-state index in [1.54, 1.807) is 37.5 Å². The fraction of sp³-hybridized carbons (Fsp3) is 0.357. The Hall–Kier alpha value is -1.62. The van der Waals surface area contributed by atoms with E-state index in [2.05, 4.69) is 4.74 Å². The zero-order valence-electron chi connectivity index (χ0n) is 12.0. The molecule has 0 saturated heterocycles. The third kappa shape index (κ3) is 6.58. The van der Waals surface area contributed by atoms with Gasteiger partial charge in [-0.2, -0.15) is 0 Å². The Kier molecular flexibility index (Phi) is 6.62. The number of methoxy groups -OCH3 is 2. The molecule has 0 heterocycles. The highest BCUT2D eigenvalue weighted by molar-refractivity contribution is 7.51. The van der Waals surface area contributed by atoms with E-state index in [1.807, 2.05) is 0 Å². The summed E-state index contributed by atoms with van der Waals surface area (Å²) < 4.78 is 20.6. The summed E-state index contributed by atoms with van der Waals surface area (Å²) in [6, 6.07) is 7.09. The maximum Gasteiger partial charge on any atom is 0.333 e. The first-order valence-electron chi connectivity index (χ1n) is 6.33. The van der Waals surface area contributed by atoms with Crippen LogP contribution in [0.2, 0.25) is 0 Å². The van der Waals surface area contributed by atoms with Crippen LogP contribution in [-0.2, 0) is 14.1 Å². The molecule has 0 spiro atoms. The van der Waals surface area contributed by atoms with Gasteiger partial charge in [0, 0.05) is 5.57 Å². The molecule has 0 radical (unpaired) electrons. The van der Waals surface area contributed by atoms with Crippen molar-refractivity contribution in [1.82, 2.24) is 0 Å². The van der Waals surface area contributed by atoms with Crippen molar-refractivity contribution < 1.29 is 28.6 Å². The number of carbonyl (C=O) groups excluding carboxylic acids is 1. The first-order valence-corrected chi connectivity index (χ1v) is 8.13. The summed E-state index contributed by atoms with van der Waals surface area (Å²) in [7, 11) is -1.22. The first kappa shape index (κ1) is 17.4. The summed E-state index contributed by atoms with van der Waals surface area (Å²) in [5.41, 5.74) is 1.16. The SMILES string of the molecule is COC(=O)/C(=C/c1ccc(OC)cc1)CCCP(=O)(O)O. The third-order valence-electron chi connectivity index (χ3n) is 2.80.